The maximum absolute atomic E-state index is 5.59. The number of hydrogen-bond acceptors (Lipinski definition) is 4. The molecule has 2 heterocycles. The van der Waals surface area contributed by atoms with Gasteiger partial charge in [-0.15, -0.1) is 0 Å². The summed E-state index contributed by atoms with van der Waals surface area (Å²) in [6.45, 7) is 0.782. The van der Waals surface area contributed by atoms with Crippen LogP contribution >= 0.6 is 0 Å². The number of rotatable bonds is 3. The second-order valence-corrected chi connectivity index (χ2v) is 3.83. The molecule has 2 rings (SSSR count). The quantitative estimate of drug-likeness (QED) is 0.834. The number of nitrogen functional groups attached to an aromatic ring is 1. The molecule has 0 aliphatic heterocycles. The molecular weight excluding hydrogens is 202 g/mol. The van der Waals surface area contributed by atoms with Crippen molar-refractivity contribution in [1.29, 1.82) is 0 Å². The first-order valence-electron chi connectivity index (χ1n) is 5.05. The second-order valence-electron chi connectivity index (χ2n) is 3.83. The molecule has 0 bridgehead atoms. The third kappa shape index (κ3) is 2.31. The standard InChI is InChI=1S/C11H15N5/c1-15(7-9-5-14-16(2)8-9)11-4-3-10(12)6-13-11/h3-6,8H,7,12H2,1-2H3. The fourth-order valence-corrected chi connectivity index (χ4v) is 1.53. The highest BCUT2D eigenvalue weighted by Crippen LogP contribution is 2.13. The Morgan fingerprint density at radius 1 is 1.38 bits per heavy atom. The number of hydrogen-bond donors (Lipinski definition) is 1. The summed E-state index contributed by atoms with van der Waals surface area (Å²) < 4.78 is 1.79. The normalized spacial score (nSPS) is 10.4. The van der Waals surface area contributed by atoms with Gasteiger partial charge in [-0.25, -0.2) is 4.98 Å². The first kappa shape index (κ1) is 10.5. The number of anilines is 2. The van der Waals surface area contributed by atoms with Crippen molar-refractivity contribution in [3.8, 4) is 0 Å². The topological polar surface area (TPSA) is 60.0 Å². The van der Waals surface area contributed by atoms with E-state index in [4.69, 9.17) is 5.73 Å². The Labute approximate surface area is 94.5 Å². The molecule has 0 radical (unpaired) electrons. The van der Waals surface area contributed by atoms with Gasteiger partial charge in [0.05, 0.1) is 18.1 Å². The van der Waals surface area contributed by atoms with Crippen LogP contribution in [0, 0.1) is 0 Å². The van der Waals surface area contributed by atoms with Gasteiger partial charge >= 0.3 is 0 Å². The predicted octanol–water partition coefficient (Wildman–Crippen LogP) is 1.03. The second kappa shape index (κ2) is 4.22. The molecule has 5 heteroatoms. The van der Waals surface area contributed by atoms with E-state index in [1.807, 2.05) is 38.6 Å². The highest BCUT2D eigenvalue weighted by Gasteiger charge is 2.04. The Hall–Kier alpha value is -2.04. The van der Waals surface area contributed by atoms with Crippen molar-refractivity contribution in [2.24, 2.45) is 7.05 Å². The number of aryl methyl sites for hydroxylation is 1. The van der Waals surface area contributed by atoms with Gasteiger partial charge in [0, 0.05) is 32.4 Å². The van der Waals surface area contributed by atoms with Gasteiger partial charge in [0.1, 0.15) is 5.82 Å². The van der Waals surface area contributed by atoms with Crippen LogP contribution in [0.25, 0.3) is 0 Å². The van der Waals surface area contributed by atoms with Crippen molar-refractivity contribution in [2.45, 2.75) is 6.54 Å². The minimum Gasteiger partial charge on any atom is -0.397 e. The van der Waals surface area contributed by atoms with Crippen LogP contribution in [0.2, 0.25) is 0 Å². The minimum absolute atomic E-state index is 0.679. The van der Waals surface area contributed by atoms with Crippen LogP contribution in [0.3, 0.4) is 0 Å². The van der Waals surface area contributed by atoms with Crippen LogP contribution in [-0.4, -0.2) is 21.8 Å². The molecule has 2 aromatic heterocycles. The molecule has 0 aromatic carbocycles. The summed E-state index contributed by atoms with van der Waals surface area (Å²) in [5.41, 5.74) is 7.42. The Balaban J connectivity index is 2.08. The molecule has 0 spiro atoms. The van der Waals surface area contributed by atoms with E-state index in [0.717, 1.165) is 17.9 Å². The minimum atomic E-state index is 0.679. The van der Waals surface area contributed by atoms with Gasteiger partial charge in [0.25, 0.3) is 0 Å². The molecule has 2 aromatic rings. The summed E-state index contributed by atoms with van der Waals surface area (Å²) in [5, 5.41) is 4.13. The predicted molar refractivity (Wildman–Crippen MR) is 64.0 cm³/mol. The number of nitrogens with zero attached hydrogens (tertiary/aromatic N) is 4. The van der Waals surface area contributed by atoms with Gasteiger partial charge in [-0.05, 0) is 12.1 Å². The zero-order valence-electron chi connectivity index (χ0n) is 9.46. The van der Waals surface area contributed by atoms with Crippen LogP contribution in [0.5, 0.6) is 0 Å². The van der Waals surface area contributed by atoms with Crippen LogP contribution in [-0.2, 0) is 13.6 Å². The molecular formula is C11H15N5. The molecule has 0 amide bonds. The molecule has 2 N–H and O–H groups in total. The average Bonchev–Trinajstić information content (AvgIpc) is 2.65. The third-order valence-electron chi connectivity index (χ3n) is 2.34. The highest BCUT2D eigenvalue weighted by atomic mass is 15.2. The van der Waals surface area contributed by atoms with Crippen molar-refractivity contribution in [2.75, 3.05) is 17.7 Å². The molecule has 84 valence electrons. The van der Waals surface area contributed by atoms with Crippen molar-refractivity contribution in [1.82, 2.24) is 14.8 Å². The summed E-state index contributed by atoms with van der Waals surface area (Å²) in [5.74, 6) is 0.901. The molecule has 0 aliphatic rings. The van der Waals surface area contributed by atoms with Gasteiger partial charge in [-0.2, -0.15) is 5.10 Å². The van der Waals surface area contributed by atoms with Crippen molar-refractivity contribution < 1.29 is 0 Å². The van der Waals surface area contributed by atoms with E-state index in [2.05, 4.69) is 15.0 Å². The first-order valence-corrected chi connectivity index (χ1v) is 5.05. The summed E-state index contributed by atoms with van der Waals surface area (Å²) in [4.78, 5) is 6.31. The summed E-state index contributed by atoms with van der Waals surface area (Å²) in [6.07, 6.45) is 5.51. The van der Waals surface area contributed by atoms with E-state index >= 15 is 0 Å². The van der Waals surface area contributed by atoms with E-state index in [1.54, 1.807) is 10.9 Å². The lowest BCUT2D eigenvalue weighted by atomic mass is 10.3. The summed E-state index contributed by atoms with van der Waals surface area (Å²) >= 11 is 0. The lowest BCUT2D eigenvalue weighted by molar-refractivity contribution is 0.766. The number of pyridine rings is 1. The van der Waals surface area contributed by atoms with Crippen LogP contribution in [0.1, 0.15) is 5.56 Å². The van der Waals surface area contributed by atoms with Crippen molar-refractivity contribution in [3.05, 3.63) is 36.3 Å². The molecule has 0 atom stereocenters. The maximum Gasteiger partial charge on any atom is 0.128 e. The first-order chi connectivity index (χ1) is 7.65. The Morgan fingerprint density at radius 2 is 2.19 bits per heavy atom. The Kier molecular flexibility index (Phi) is 2.76. The zero-order chi connectivity index (χ0) is 11.5. The van der Waals surface area contributed by atoms with Gasteiger partial charge in [0.15, 0.2) is 0 Å². The number of aromatic nitrogens is 3. The van der Waals surface area contributed by atoms with E-state index < -0.39 is 0 Å². The molecule has 0 saturated carbocycles. The average molecular weight is 217 g/mol. The van der Waals surface area contributed by atoms with E-state index in [-0.39, 0.29) is 0 Å². The van der Waals surface area contributed by atoms with Crippen LogP contribution in [0.4, 0.5) is 11.5 Å². The Bertz CT molecular complexity index is 459. The smallest absolute Gasteiger partial charge is 0.128 e. The fraction of sp³-hybridized carbons (Fsp3) is 0.273. The largest absolute Gasteiger partial charge is 0.397 e. The molecule has 0 fully saturated rings. The van der Waals surface area contributed by atoms with Crippen LogP contribution < -0.4 is 10.6 Å². The van der Waals surface area contributed by atoms with E-state index in [1.165, 1.54) is 0 Å². The van der Waals surface area contributed by atoms with Crippen molar-refractivity contribution >= 4 is 11.5 Å². The van der Waals surface area contributed by atoms with Gasteiger partial charge in [-0.3, -0.25) is 4.68 Å². The molecule has 0 aliphatic carbocycles. The zero-order valence-corrected chi connectivity index (χ0v) is 9.46. The number of nitrogens with two attached hydrogens (primary N) is 1. The molecule has 16 heavy (non-hydrogen) atoms. The lowest BCUT2D eigenvalue weighted by Crippen LogP contribution is -2.17. The third-order valence-corrected chi connectivity index (χ3v) is 2.34. The van der Waals surface area contributed by atoms with E-state index in [0.29, 0.717) is 5.69 Å². The SMILES string of the molecule is CN(Cc1cnn(C)c1)c1ccc(N)cn1. The lowest BCUT2D eigenvalue weighted by Gasteiger charge is -2.16. The monoisotopic (exact) mass is 217 g/mol. The van der Waals surface area contributed by atoms with E-state index in [9.17, 15) is 0 Å². The summed E-state index contributed by atoms with van der Waals surface area (Å²) in [7, 11) is 3.90. The molecule has 0 saturated heterocycles. The maximum atomic E-state index is 5.59. The van der Waals surface area contributed by atoms with Crippen molar-refractivity contribution in [3.63, 3.8) is 0 Å². The fourth-order valence-electron chi connectivity index (χ4n) is 1.53. The van der Waals surface area contributed by atoms with Gasteiger partial charge < -0.3 is 10.6 Å². The molecule has 0 unspecified atom stereocenters. The van der Waals surface area contributed by atoms with Crippen LogP contribution in [0.15, 0.2) is 30.7 Å². The molecule has 5 nitrogen and oxygen atoms in total. The highest BCUT2D eigenvalue weighted by molar-refractivity contribution is 5.45. The van der Waals surface area contributed by atoms with Gasteiger partial charge in [-0.1, -0.05) is 0 Å². The van der Waals surface area contributed by atoms with Gasteiger partial charge in [0.2, 0.25) is 0 Å². The Morgan fingerprint density at radius 3 is 2.75 bits per heavy atom. The summed E-state index contributed by atoms with van der Waals surface area (Å²) in [6, 6.07) is 3.76.